The highest BCUT2D eigenvalue weighted by molar-refractivity contribution is 7.09. The van der Waals surface area contributed by atoms with E-state index in [0.29, 0.717) is 18.8 Å². The summed E-state index contributed by atoms with van der Waals surface area (Å²) in [7, 11) is 0. The minimum atomic E-state index is 0.0652. The van der Waals surface area contributed by atoms with Crippen LogP contribution in [0.1, 0.15) is 52.8 Å². The molecule has 2 amide bonds. The number of likely N-dealkylation sites (tertiary alicyclic amines) is 1. The lowest BCUT2D eigenvalue weighted by Crippen LogP contribution is -2.39. The van der Waals surface area contributed by atoms with Crippen molar-refractivity contribution in [3.05, 3.63) is 52.1 Å². The first-order valence-corrected chi connectivity index (χ1v) is 11.6. The van der Waals surface area contributed by atoms with Crippen molar-refractivity contribution in [2.75, 3.05) is 19.6 Å². The van der Waals surface area contributed by atoms with Gasteiger partial charge < -0.3 is 15.2 Å². The van der Waals surface area contributed by atoms with Gasteiger partial charge in [0.15, 0.2) is 0 Å². The Morgan fingerprint density at radius 1 is 1.23 bits per heavy atom. The fourth-order valence-electron chi connectivity index (χ4n) is 4.15. The molecule has 30 heavy (non-hydrogen) atoms. The van der Waals surface area contributed by atoms with Crippen LogP contribution in [0.2, 0.25) is 0 Å². The fourth-order valence-corrected chi connectivity index (χ4v) is 5.13. The number of nitrogens with one attached hydrogen (secondary N) is 2. The Bertz CT molecular complexity index is 1040. The first-order valence-electron chi connectivity index (χ1n) is 10.8. The number of benzene rings is 1. The normalized spacial score (nSPS) is 19.2. The van der Waals surface area contributed by atoms with Crippen LogP contribution >= 0.6 is 11.3 Å². The van der Waals surface area contributed by atoms with Gasteiger partial charge in [0, 0.05) is 54.2 Å². The van der Waals surface area contributed by atoms with Crippen LogP contribution < -0.4 is 5.32 Å². The van der Waals surface area contributed by atoms with E-state index in [-0.39, 0.29) is 23.7 Å². The third kappa shape index (κ3) is 4.12. The highest BCUT2D eigenvalue weighted by Crippen LogP contribution is 2.31. The number of nitrogens with zero attached hydrogens (tertiary/aromatic N) is 2. The van der Waals surface area contributed by atoms with Gasteiger partial charge in [-0.05, 0) is 37.8 Å². The first kappa shape index (κ1) is 19.3. The third-order valence-electron chi connectivity index (χ3n) is 6.02. The maximum absolute atomic E-state index is 13.1. The van der Waals surface area contributed by atoms with Crippen molar-refractivity contribution >= 4 is 34.1 Å². The topological polar surface area (TPSA) is 78.1 Å². The molecule has 1 atom stereocenters. The number of para-hydroxylation sites is 1. The third-order valence-corrected chi connectivity index (χ3v) is 7.07. The number of carbonyl (C=O) groups excluding carboxylic acids is 2. The van der Waals surface area contributed by atoms with Gasteiger partial charge in [-0.15, -0.1) is 11.3 Å². The summed E-state index contributed by atoms with van der Waals surface area (Å²) in [6.07, 6.45) is 4.87. The second kappa shape index (κ2) is 8.22. The van der Waals surface area contributed by atoms with Gasteiger partial charge in [0.2, 0.25) is 5.91 Å². The van der Waals surface area contributed by atoms with E-state index in [1.165, 1.54) is 0 Å². The molecule has 5 rings (SSSR count). The van der Waals surface area contributed by atoms with E-state index in [4.69, 9.17) is 4.98 Å². The van der Waals surface area contributed by atoms with Crippen molar-refractivity contribution in [3.63, 3.8) is 0 Å². The van der Waals surface area contributed by atoms with E-state index < -0.39 is 0 Å². The number of aromatic nitrogens is 2. The van der Waals surface area contributed by atoms with E-state index in [2.05, 4.69) is 15.7 Å². The zero-order chi connectivity index (χ0) is 20.5. The maximum Gasteiger partial charge on any atom is 0.270 e. The number of carbonyl (C=O) groups is 2. The van der Waals surface area contributed by atoms with Crippen LogP contribution in [0.25, 0.3) is 10.9 Å². The Morgan fingerprint density at radius 3 is 2.93 bits per heavy atom. The van der Waals surface area contributed by atoms with Crippen molar-refractivity contribution in [2.45, 2.75) is 38.0 Å². The molecule has 1 saturated heterocycles. The molecule has 1 unspecified atom stereocenters. The average Bonchev–Trinajstić information content (AvgIpc) is 3.37. The van der Waals surface area contributed by atoms with Crippen molar-refractivity contribution in [1.82, 2.24) is 20.2 Å². The van der Waals surface area contributed by atoms with Crippen molar-refractivity contribution in [3.8, 4) is 0 Å². The number of rotatable bonds is 6. The Balaban J connectivity index is 1.20. The van der Waals surface area contributed by atoms with E-state index in [1.54, 1.807) is 11.3 Å². The Kier molecular flexibility index (Phi) is 5.29. The number of H-pyrrole nitrogens is 1. The molecule has 1 saturated carbocycles. The van der Waals surface area contributed by atoms with E-state index >= 15 is 0 Å². The minimum absolute atomic E-state index is 0.0652. The number of hydrogen-bond donors (Lipinski definition) is 2. The number of piperidine rings is 1. The lowest BCUT2D eigenvalue weighted by atomic mass is 9.98. The molecule has 6 nitrogen and oxygen atoms in total. The summed E-state index contributed by atoms with van der Waals surface area (Å²) in [6, 6.07) is 9.92. The highest BCUT2D eigenvalue weighted by Gasteiger charge is 2.30. The fraction of sp³-hybridized carbons (Fsp3) is 0.435. The zero-order valence-corrected chi connectivity index (χ0v) is 17.7. The van der Waals surface area contributed by atoms with Crippen LogP contribution in [0.4, 0.5) is 0 Å². The molecule has 2 N–H and O–H groups in total. The quantitative estimate of drug-likeness (QED) is 0.636. The zero-order valence-electron chi connectivity index (χ0n) is 16.9. The largest absolute Gasteiger partial charge is 0.355 e. The molecule has 1 aliphatic carbocycles. The monoisotopic (exact) mass is 422 g/mol. The lowest BCUT2D eigenvalue weighted by Gasteiger charge is -2.31. The number of hydrogen-bond acceptors (Lipinski definition) is 4. The molecule has 2 fully saturated rings. The predicted octanol–water partition coefficient (Wildman–Crippen LogP) is 3.71. The van der Waals surface area contributed by atoms with Gasteiger partial charge in [-0.2, -0.15) is 0 Å². The Labute approximate surface area is 179 Å². The van der Waals surface area contributed by atoms with Gasteiger partial charge >= 0.3 is 0 Å². The minimum Gasteiger partial charge on any atom is -0.355 e. The van der Waals surface area contributed by atoms with Gasteiger partial charge in [0.05, 0.1) is 10.7 Å². The van der Waals surface area contributed by atoms with Crippen LogP contribution in [0.3, 0.4) is 0 Å². The molecule has 1 aliphatic heterocycles. The van der Waals surface area contributed by atoms with Gasteiger partial charge in [-0.3, -0.25) is 9.59 Å². The summed E-state index contributed by atoms with van der Waals surface area (Å²) in [5, 5.41) is 7.26. The maximum atomic E-state index is 13.1. The molecule has 3 heterocycles. The molecular formula is C23H26N4O2S. The van der Waals surface area contributed by atoms with E-state index in [9.17, 15) is 9.59 Å². The molecule has 2 aliphatic rings. The molecule has 0 spiro atoms. The average molecular weight is 423 g/mol. The second-order valence-electron chi connectivity index (χ2n) is 8.35. The lowest BCUT2D eigenvalue weighted by molar-refractivity contribution is -0.122. The highest BCUT2D eigenvalue weighted by atomic mass is 32.1. The molecular weight excluding hydrogens is 396 g/mol. The summed E-state index contributed by atoms with van der Waals surface area (Å²) >= 11 is 1.68. The van der Waals surface area contributed by atoms with E-state index in [1.807, 2.05) is 35.2 Å². The summed E-state index contributed by atoms with van der Waals surface area (Å²) in [5.74, 6) is 0.783. The van der Waals surface area contributed by atoms with Crippen LogP contribution in [0.15, 0.2) is 35.7 Å². The van der Waals surface area contributed by atoms with Gasteiger partial charge in [-0.1, -0.05) is 18.2 Å². The van der Waals surface area contributed by atoms with Crippen molar-refractivity contribution in [1.29, 1.82) is 0 Å². The van der Waals surface area contributed by atoms with Crippen LogP contribution in [-0.2, 0) is 11.2 Å². The van der Waals surface area contributed by atoms with Crippen LogP contribution in [0.5, 0.6) is 0 Å². The standard InChI is InChI=1S/C23H26N4O2S/c28-21(15-7-8-15)24-10-9-18-14-30-22(25-18)17-5-3-11-27(13-17)23(29)20-12-16-4-1-2-6-19(16)26-20/h1-2,4,6,12,14-15,17,26H,3,5,7-11,13H2,(H,24,28). The Morgan fingerprint density at radius 2 is 2.10 bits per heavy atom. The number of thiazole rings is 1. The van der Waals surface area contributed by atoms with Crippen LogP contribution in [0, 0.1) is 5.92 Å². The van der Waals surface area contributed by atoms with Crippen LogP contribution in [-0.4, -0.2) is 46.3 Å². The second-order valence-corrected chi connectivity index (χ2v) is 9.24. The Hall–Kier alpha value is -2.67. The number of fused-ring (bicyclic) bond motifs is 1. The van der Waals surface area contributed by atoms with E-state index in [0.717, 1.165) is 60.3 Å². The van der Waals surface area contributed by atoms with Gasteiger partial charge in [0.25, 0.3) is 5.91 Å². The molecule has 0 radical (unpaired) electrons. The van der Waals surface area contributed by atoms with Gasteiger partial charge in [-0.25, -0.2) is 4.98 Å². The van der Waals surface area contributed by atoms with Crippen molar-refractivity contribution in [2.24, 2.45) is 5.92 Å². The molecule has 2 aromatic heterocycles. The molecule has 0 bridgehead atoms. The molecule has 3 aromatic rings. The SMILES string of the molecule is O=C(NCCc1csc(C2CCCN(C(=O)c3cc4ccccc4[nH]3)C2)n1)C1CC1. The first-order chi connectivity index (χ1) is 14.7. The smallest absolute Gasteiger partial charge is 0.270 e. The number of aromatic amines is 1. The summed E-state index contributed by atoms with van der Waals surface area (Å²) in [5.41, 5.74) is 2.68. The van der Waals surface area contributed by atoms with Crippen molar-refractivity contribution < 1.29 is 9.59 Å². The predicted molar refractivity (Wildman–Crippen MR) is 118 cm³/mol. The molecule has 1 aromatic carbocycles. The summed E-state index contributed by atoms with van der Waals surface area (Å²) < 4.78 is 0. The molecule has 7 heteroatoms. The summed E-state index contributed by atoms with van der Waals surface area (Å²) in [4.78, 5) is 34.8. The summed E-state index contributed by atoms with van der Waals surface area (Å²) in [6.45, 7) is 2.14. The van der Waals surface area contributed by atoms with Gasteiger partial charge in [0.1, 0.15) is 5.69 Å². The molecule has 156 valence electrons. The number of amides is 2.